The van der Waals surface area contributed by atoms with Gasteiger partial charge in [-0.3, -0.25) is 4.79 Å². The lowest BCUT2D eigenvalue weighted by molar-refractivity contribution is -0.123. The highest BCUT2D eigenvalue weighted by atomic mass is 32.2. The van der Waals surface area contributed by atoms with Crippen LogP contribution < -0.4 is 11.1 Å². The van der Waals surface area contributed by atoms with Gasteiger partial charge in [-0.1, -0.05) is 25.7 Å². The quantitative estimate of drug-likeness (QED) is 0.668. The molecule has 1 atom stereocenters. The highest BCUT2D eigenvalue weighted by Gasteiger charge is 2.27. The summed E-state index contributed by atoms with van der Waals surface area (Å²) >= 11 is 2.13. The van der Waals surface area contributed by atoms with Gasteiger partial charge in [0, 0.05) is 5.25 Å². The predicted octanol–water partition coefficient (Wildman–Crippen LogP) is 2.69. The van der Waals surface area contributed by atoms with E-state index in [0.717, 1.165) is 18.1 Å². The van der Waals surface area contributed by atoms with E-state index in [0.29, 0.717) is 0 Å². The maximum atomic E-state index is 11.3. The van der Waals surface area contributed by atoms with E-state index in [9.17, 15) is 4.79 Å². The highest BCUT2D eigenvalue weighted by Crippen LogP contribution is 2.29. The average molecular weight is 272 g/mol. The number of nitrogens with two attached hydrogens (primary N) is 1. The number of thioether (sulfide) groups is 1. The Labute approximate surface area is 116 Å². The summed E-state index contributed by atoms with van der Waals surface area (Å²) in [5.41, 5.74) is 4.87. The van der Waals surface area contributed by atoms with Crippen LogP contribution in [0.4, 0.5) is 0 Å². The second-order valence-electron chi connectivity index (χ2n) is 5.53. The Balaban J connectivity index is 2.08. The summed E-state index contributed by atoms with van der Waals surface area (Å²) in [6.07, 6.45) is 10.2. The molecule has 0 heterocycles. The third kappa shape index (κ3) is 5.19. The molecule has 0 aromatic carbocycles. The minimum Gasteiger partial charge on any atom is -0.368 e. The zero-order valence-corrected chi connectivity index (χ0v) is 12.7. The smallest absolute Gasteiger partial charge is 0.237 e. The zero-order chi connectivity index (χ0) is 13.4. The molecule has 18 heavy (non-hydrogen) atoms. The van der Waals surface area contributed by atoms with E-state index in [2.05, 4.69) is 17.1 Å². The van der Waals surface area contributed by atoms with Crippen LogP contribution in [-0.4, -0.2) is 29.5 Å². The minimum absolute atomic E-state index is 0.245. The first kappa shape index (κ1) is 15.8. The van der Waals surface area contributed by atoms with Crippen LogP contribution in [0.15, 0.2) is 0 Å². The van der Waals surface area contributed by atoms with Crippen LogP contribution in [0.25, 0.3) is 0 Å². The van der Waals surface area contributed by atoms with Crippen molar-refractivity contribution >= 4 is 17.7 Å². The Morgan fingerprint density at radius 1 is 1.33 bits per heavy atom. The summed E-state index contributed by atoms with van der Waals surface area (Å²) < 4.78 is 0. The van der Waals surface area contributed by atoms with Crippen molar-refractivity contribution in [2.45, 2.75) is 69.1 Å². The molecule has 106 valence electrons. The summed E-state index contributed by atoms with van der Waals surface area (Å²) in [6, 6.07) is 0. The molecule has 4 heteroatoms. The van der Waals surface area contributed by atoms with E-state index in [-0.39, 0.29) is 5.91 Å². The van der Waals surface area contributed by atoms with Gasteiger partial charge in [0.05, 0.1) is 5.54 Å². The fourth-order valence-electron chi connectivity index (χ4n) is 2.43. The summed E-state index contributed by atoms with van der Waals surface area (Å²) in [6.45, 7) is 1.89. The topological polar surface area (TPSA) is 55.1 Å². The second kappa shape index (κ2) is 8.05. The molecule has 1 unspecified atom stereocenters. The van der Waals surface area contributed by atoms with E-state index in [1.54, 1.807) is 0 Å². The van der Waals surface area contributed by atoms with E-state index < -0.39 is 5.54 Å². The lowest BCUT2D eigenvalue weighted by Gasteiger charge is -2.25. The number of amides is 1. The predicted molar refractivity (Wildman–Crippen MR) is 79.8 cm³/mol. The Kier molecular flexibility index (Phi) is 7.08. The van der Waals surface area contributed by atoms with E-state index >= 15 is 0 Å². The number of nitrogens with one attached hydrogen (secondary N) is 1. The molecule has 1 fully saturated rings. The lowest BCUT2D eigenvalue weighted by atomic mass is 9.94. The number of rotatable bonds is 8. The summed E-state index contributed by atoms with van der Waals surface area (Å²) in [4.78, 5) is 11.3. The summed E-state index contributed by atoms with van der Waals surface area (Å²) in [5, 5.41) is 3.93. The molecule has 0 spiro atoms. The number of carbonyl (C=O) groups is 1. The van der Waals surface area contributed by atoms with Gasteiger partial charge in [0.25, 0.3) is 0 Å². The molecular weight excluding hydrogens is 244 g/mol. The van der Waals surface area contributed by atoms with E-state index in [1.165, 1.54) is 44.3 Å². The fraction of sp³-hybridized carbons (Fsp3) is 0.929. The molecule has 1 saturated carbocycles. The van der Waals surface area contributed by atoms with Crippen molar-refractivity contribution < 1.29 is 4.79 Å². The maximum absolute atomic E-state index is 11.3. The first-order chi connectivity index (χ1) is 8.58. The first-order valence-electron chi connectivity index (χ1n) is 7.19. The normalized spacial score (nSPS) is 20.6. The van der Waals surface area contributed by atoms with Crippen molar-refractivity contribution in [2.75, 3.05) is 12.8 Å². The average Bonchev–Trinajstić information content (AvgIpc) is 2.39. The number of hydrogen-bond acceptors (Lipinski definition) is 3. The van der Waals surface area contributed by atoms with Gasteiger partial charge in [0.2, 0.25) is 5.91 Å². The minimum atomic E-state index is -0.532. The third-order valence-corrected chi connectivity index (χ3v) is 5.54. The van der Waals surface area contributed by atoms with Crippen LogP contribution >= 0.6 is 11.8 Å². The number of likely N-dealkylation sites (N-methyl/N-ethyl adjacent to an activating group) is 1. The molecular formula is C14H28N2OS. The van der Waals surface area contributed by atoms with Gasteiger partial charge in [-0.15, -0.1) is 0 Å². The molecule has 0 aliphatic heterocycles. The van der Waals surface area contributed by atoms with E-state index in [1.807, 2.05) is 14.0 Å². The van der Waals surface area contributed by atoms with Crippen molar-refractivity contribution in [3.8, 4) is 0 Å². The van der Waals surface area contributed by atoms with Gasteiger partial charge in [0.1, 0.15) is 0 Å². The van der Waals surface area contributed by atoms with Gasteiger partial charge in [0.15, 0.2) is 0 Å². The molecule has 0 radical (unpaired) electrons. The zero-order valence-electron chi connectivity index (χ0n) is 11.8. The van der Waals surface area contributed by atoms with Gasteiger partial charge in [-0.2, -0.15) is 11.8 Å². The molecule has 0 bridgehead atoms. The Morgan fingerprint density at radius 3 is 2.56 bits per heavy atom. The van der Waals surface area contributed by atoms with Crippen LogP contribution in [0.1, 0.15) is 58.3 Å². The molecule has 3 N–H and O–H groups in total. The van der Waals surface area contributed by atoms with Crippen molar-refractivity contribution in [2.24, 2.45) is 5.73 Å². The van der Waals surface area contributed by atoms with Crippen molar-refractivity contribution in [3.63, 3.8) is 0 Å². The van der Waals surface area contributed by atoms with E-state index in [4.69, 9.17) is 5.73 Å². The van der Waals surface area contributed by atoms with Gasteiger partial charge in [-0.25, -0.2) is 0 Å². The fourth-order valence-corrected chi connectivity index (χ4v) is 3.80. The molecule has 0 aromatic rings. The highest BCUT2D eigenvalue weighted by molar-refractivity contribution is 7.99. The standard InChI is InChI=1S/C14H28N2OS/c1-14(16-2,13(15)17)10-6-7-11-18-12-8-4-3-5-9-12/h12,16H,3-11H2,1-2H3,(H2,15,17). The molecule has 0 saturated heterocycles. The molecule has 1 rings (SSSR count). The summed E-state index contributed by atoms with van der Waals surface area (Å²) in [5.74, 6) is 0.980. The largest absolute Gasteiger partial charge is 0.368 e. The molecule has 3 nitrogen and oxygen atoms in total. The van der Waals surface area contributed by atoms with Crippen molar-refractivity contribution in [3.05, 3.63) is 0 Å². The Morgan fingerprint density at radius 2 is 2.00 bits per heavy atom. The SMILES string of the molecule is CNC(C)(CCCCSC1CCCCC1)C(N)=O. The number of unbranched alkanes of at least 4 members (excludes halogenated alkanes) is 1. The van der Waals surface area contributed by atoms with Crippen LogP contribution in [-0.2, 0) is 4.79 Å². The number of hydrogen-bond donors (Lipinski definition) is 2. The van der Waals surface area contributed by atoms with Crippen LogP contribution in [0.2, 0.25) is 0 Å². The van der Waals surface area contributed by atoms with Crippen LogP contribution in [0.3, 0.4) is 0 Å². The summed E-state index contributed by atoms with van der Waals surface area (Å²) in [7, 11) is 1.81. The third-order valence-electron chi connectivity index (χ3n) is 4.07. The lowest BCUT2D eigenvalue weighted by Crippen LogP contribution is -2.51. The maximum Gasteiger partial charge on any atom is 0.237 e. The number of primary amides is 1. The van der Waals surface area contributed by atoms with Gasteiger partial charge in [-0.05, 0) is 45.4 Å². The molecule has 1 amide bonds. The first-order valence-corrected chi connectivity index (χ1v) is 8.24. The van der Waals surface area contributed by atoms with Gasteiger partial charge < -0.3 is 11.1 Å². The monoisotopic (exact) mass is 272 g/mol. The van der Waals surface area contributed by atoms with Crippen LogP contribution in [0, 0.1) is 0 Å². The van der Waals surface area contributed by atoms with Gasteiger partial charge >= 0.3 is 0 Å². The van der Waals surface area contributed by atoms with Crippen LogP contribution in [0.5, 0.6) is 0 Å². The molecule has 1 aliphatic rings. The molecule has 1 aliphatic carbocycles. The van der Waals surface area contributed by atoms with Crippen molar-refractivity contribution in [1.82, 2.24) is 5.32 Å². The molecule has 0 aromatic heterocycles. The Hall–Kier alpha value is -0.220. The Bertz CT molecular complexity index is 254. The second-order valence-corrected chi connectivity index (χ2v) is 6.94. The number of carbonyl (C=O) groups excluding carboxylic acids is 1. The van der Waals surface area contributed by atoms with Crippen molar-refractivity contribution in [1.29, 1.82) is 0 Å².